The van der Waals surface area contributed by atoms with Crippen LogP contribution in [0.5, 0.6) is 5.75 Å². The highest BCUT2D eigenvalue weighted by molar-refractivity contribution is 9.10. The molecule has 5 nitrogen and oxygen atoms in total. The summed E-state index contributed by atoms with van der Waals surface area (Å²) in [6.07, 6.45) is 2.62. The molecule has 3 rings (SSSR count). The highest BCUT2D eigenvalue weighted by atomic mass is 79.9. The molecule has 0 aromatic heterocycles. The molecule has 28 heavy (non-hydrogen) atoms. The van der Waals surface area contributed by atoms with Gasteiger partial charge in [0.25, 0.3) is 6.47 Å². The molecular formula is C20H22BrF2NO4. The number of carbonyl (C=O) groups is 1. The zero-order valence-electron chi connectivity index (χ0n) is 15.4. The van der Waals surface area contributed by atoms with E-state index in [4.69, 9.17) is 9.90 Å². The fourth-order valence-corrected chi connectivity index (χ4v) is 4.00. The second-order valence-corrected chi connectivity index (χ2v) is 7.34. The lowest BCUT2D eigenvalue weighted by atomic mass is 9.69. The van der Waals surface area contributed by atoms with E-state index in [0.29, 0.717) is 12.2 Å². The molecule has 8 heteroatoms. The van der Waals surface area contributed by atoms with Crippen molar-refractivity contribution in [3.8, 4) is 5.75 Å². The number of halogens is 3. The fraction of sp³-hybridized carbons (Fsp3) is 0.350. The third kappa shape index (κ3) is 4.34. The number of hydrogen-bond donors (Lipinski definition) is 1. The Morgan fingerprint density at radius 3 is 2.14 bits per heavy atom. The van der Waals surface area contributed by atoms with E-state index in [-0.39, 0.29) is 12.2 Å². The van der Waals surface area contributed by atoms with E-state index in [0.717, 1.165) is 29.3 Å². The topological polar surface area (TPSA) is 69.6 Å². The Morgan fingerprint density at radius 2 is 1.75 bits per heavy atom. The second kappa shape index (κ2) is 9.45. The van der Waals surface area contributed by atoms with Crippen molar-refractivity contribution in [2.45, 2.75) is 38.3 Å². The van der Waals surface area contributed by atoms with Crippen molar-refractivity contribution in [3.63, 3.8) is 0 Å². The van der Waals surface area contributed by atoms with Crippen molar-refractivity contribution in [2.24, 2.45) is 0 Å². The zero-order chi connectivity index (χ0) is 20.8. The van der Waals surface area contributed by atoms with Crippen molar-refractivity contribution in [2.75, 3.05) is 6.54 Å². The van der Waals surface area contributed by atoms with Crippen molar-refractivity contribution in [3.05, 3.63) is 63.8 Å². The summed E-state index contributed by atoms with van der Waals surface area (Å²) < 4.78 is 29.5. The lowest BCUT2D eigenvalue weighted by molar-refractivity contribution is -0.122. The van der Waals surface area contributed by atoms with E-state index >= 15 is 0 Å². The smallest absolute Gasteiger partial charge is 0.387 e. The molecule has 2 aromatic rings. The summed E-state index contributed by atoms with van der Waals surface area (Å²) in [4.78, 5) is 8.36. The van der Waals surface area contributed by atoms with Gasteiger partial charge in [-0.15, -0.1) is 0 Å². The summed E-state index contributed by atoms with van der Waals surface area (Å²) in [5.74, 6) is 0.0627. The third-order valence-corrected chi connectivity index (χ3v) is 5.71. The molecule has 152 valence electrons. The number of hydroxylamine groups is 2. The van der Waals surface area contributed by atoms with Gasteiger partial charge >= 0.3 is 6.61 Å². The molecule has 0 radical (unpaired) electrons. The van der Waals surface area contributed by atoms with E-state index in [1.54, 1.807) is 12.1 Å². The van der Waals surface area contributed by atoms with Crippen LogP contribution >= 0.6 is 15.9 Å². The summed E-state index contributed by atoms with van der Waals surface area (Å²) in [5, 5.41) is 20.8. The van der Waals surface area contributed by atoms with Gasteiger partial charge in [-0.2, -0.15) is 8.78 Å². The SMILES string of the molecule is CC[N+]([O-])(c1ccc(OC(F)F)cc1)C1(c2ccc(Br)cc2)CCC1.O=CO. The number of ether oxygens (including phenoxy) is 1. The number of nitrogens with zero attached hydrogens (tertiary/aromatic N) is 1. The van der Waals surface area contributed by atoms with Gasteiger partial charge in [-0.05, 0) is 37.6 Å². The molecule has 1 saturated carbocycles. The number of benzene rings is 2. The van der Waals surface area contributed by atoms with Crippen LogP contribution < -0.4 is 9.38 Å². The van der Waals surface area contributed by atoms with Crippen LogP contribution in [0.15, 0.2) is 53.0 Å². The summed E-state index contributed by atoms with van der Waals surface area (Å²) in [7, 11) is 0. The Kier molecular flexibility index (Phi) is 7.51. The van der Waals surface area contributed by atoms with Crippen molar-refractivity contribution >= 4 is 28.1 Å². The van der Waals surface area contributed by atoms with Gasteiger partial charge in [0, 0.05) is 35.0 Å². The van der Waals surface area contributed by atoms with Crippen molar-refractivity contribution in [1.29, 1.82) is 0 Å². The maximum absolute atomic E-state index is 13.9. The maximum Gasteiger partial charge on any atom is 0.387 e. The minimum atomic E-state index is -2.87. The third-order valence-electron chi connectivity index (χ3n) is 5.18. The van der Waals surface area contributed by atoms with Gasteiger partial charge in [-0.25, -0.2) is 0 Å². The first-order chi connectivity index (χ1) is 13.3. The van der Waals surface area contributed by atoms with Crippen LogP contribution in [0.25, 0.3) is 0 Å². The second-order valence-electron chi connectivity index (χ2n) is 6.43. The zero-order valence-corrected chi connectivity index (χ0v) is 16.9. The molecule has 1 aliphatic rings. The first-order valence-corrected chi connectivity index (χ1v) is 9.61. The Labute approximate surface area is 170 Å². The standard InChI is InChI=1S/C19H20BrF2NO2.CH2O2/c1-2-23(24,16-8-10-17(11-9-16)25-18(21)22)19(12-3-13-19)14-4-6-15(20)7-5-14;2-1-3/h4-11,18H,2-3,12-13H2,1H3;1H,(H,2,3). The highest BCUT2D eigenvalue weighted by Gasteiger charge is 2.52. The van der Waals surface area contributed by atoms with Gasteiger partial charge in [-0.3, -0.25) is 4.79 Å². The Balaban J connectivity index is 0.000000878. The predicted molar refractivity (Wildman–Crippen MR) is 107 cm³/mol. The molecule has 0 spiro atoms. The van der Waals surface area contributed by atoms with E-state index in [2.05, 4.69) is 20.7 Å². The molecule has 0 bridgehead atoms. The monoisotopic (exact) mass is 457 g/mol. The number of quaternary nitrogens is 1. The van der Waals surface area contributed by atoms with Crippen LogP contribution in [-0.2, 0) is 10.3 Å². The first-order valence-electron chi connectivity index (χ1n) is 8.81. The Bertz CT molecular complexity index is 767. The minimum absolute atomic E-state index is 0.0627. The lowest BCUT2D eigenvalue weighted by Crippen LogP contribution is -2.63. The molecule has 0 saturated heterocycles. The molecular weight excluding hydrogens is 436 g/mol. The number of carboxylic acid groups (broad SMARTS) is 1. The van der Waals surface area contributed by atoms with Gasteiger partial charge in [0.05, 0.1) is 6.54 Å². The van der Waals surface area contributed by atoms with Crippen LogP contribution in [0.3, 0.4) is 0 Å². The van der Waals surface area contributed by atoms with Crippen LogP contribution in [0, 0.1) is 5.21 Å². The number of hydrogen-bond acceptors (Lipinski definition) is 3. The molecule has 0 amide bonds. The van der Waals surface area contributed by atoms with Crippen molar-refractivity contribution < 1.29 is 23.4 Å². The molecule has 2 aromatic carbocycles. The normalized spacial score (nSPS) is 16.9. The molecule has 1 unspecified atom stereocenters. The van der Waals surface area contributed by atoms with E-state index in [1.165, 1.54) is 12.1 Å². The molecule has 1 N–H and O–H groups in total. The minimum Gasteiger partial charge on any atom is -0.627 e. The maximum atomic E-state index is 13.9. The van der Waals surface area contributed by atoms with Crippen LogP contribution in [0.4, 0.5) is 14.5 Å². The Hall–Kier alpha value is -2.03. The highest BCUT2D eigenvalue weighted by Crippen LogP contribution is 2.52. The summed E-state index contributed by atoms with van der Waals surface area (Å²) in [5.41, 5.74) is 1.05. The first kappa shape index (κ1) is 22.3. The molecule has 1 aliphatic carbocycles. The Morgan fingerprint density at radius 1 is 1.21 bits per heavy atom. The quantitative estimate of drug-likeness (QED) is 0.345. The fourth-order valence-electron chi connectivity index (χ4n) is 3.73. The summed E-state index contributed by atoms with van der Waals surface area (Å²) >= 11 is 3.43. The molecule has 1 atom stereocenters. The van der Waals surface area contributed by atoms with Gasteiger partial charge in [0.15, 0.2) is 0 Å². The molecule has 0 heterocycles. The van der Waals surface area contributed by atoms with Gasteiger partial charge < -0.3 is 19.7 Å². The summed E-state index contributed by atoms with van der Waals surface area (Å²) in [6, 6.07) is 14.0. The van der Waals surface area contributed by atoms with Crippen LogP contribution in [0.1, 0.15) is 31.7 Å². The van der Waals surface area contributed by atoms with Gasteiger partial charge in [-0.1, -0.05) is 28.1 Å². The largest absolute Gasteiger partial charge is 0.627 e. The van der Waals surface area contributed by atoms with Crippen LogP contribution in [0.2, 0.25) is 0 Å². The number of alkyl halides is 2. The van der Waals surface area contributed by atoms with E-state index in [1.807, 2.05) is 31.2 Å². The predicted octanol–water partition coefficient (Wildman–Crippen LogP) is 5.66. The molecule has 0 aliphatic heterocycles. The van der Waals surface area contributed by atoms with Gasteiger partial charge in [0.2, 0.25) is 0 Å². The van der Waals surface area contributed by atoms with Crippen molar-refractivity contribution in [1.82, 2.24) is 4.65 Å². The van der Waals surface area contributed by atoms with Gasteiger partial charge in [0.1, 0.15) is 17.0 Å². The average Bonchev–Trinajstić information content (AvgIpc) is 2.63. The lowest BCUT2D eigenvalue weighted by Gasteiger charge is -2.60. The van der Waals surface area contributed by atoms with Crippen LogP contribution in [-0.4, -0.2) is 24.7 Å². The number of rotatable bonds is 6. The van der Waals surface area contributed by atoms with E-state index in [9.17, 15) is 14.0 Å². The molecule has 1 fully saturated rings. The summed E-state index contributed by atoms with van der Waals surface area (Å²) in [6.45, 7) is -0.884. The average molecular weight is 458 g/mol. The van der Waals surface area contributed by atoms with E-state index < -0.39 is 16.8 Å².